The first-order chi connectivity index (χ1) is 13.4. The Morgan fingerprint density at radius 3 is 2.18 bits per heavy atom. The van der Waals surface area contributed by atoms with Crippen molar-refractivity contribution in [3.8, 4) is 5.75 Å². The highest BCUT2D eigenvalue weighted by atomic mass is 16.3. The van der Waals surface area contributed by atoms with E-state index < -0.39 is 5.60 Å². The number of phenolic OH excluding ortho intramolecular Hbond substituents is 1. The third-order valence-electron chi connectivity index (χ3n) is 7.33. The van der Waals surface area contributed by atoms with Gasteiger partial charge in [-0.25, -0.2) is 0 Å². The molecule has 2 N–H and O–H groups in total. The molecular weight excluding hydrogens is 346 g/mol. The van der Waals surface area contributed by atoms with Gasteiger partial charge in [-0.15, -0.1) is 0 Å². The molecule has 3 heteroatoms. The molecule has 150 valence electrons. The number of likely N-dealkylation sites (tertiary alicyclic amines) is 1. The number of hydrogen-bond donors (Lipinski definition) is 2. The van der Waals surface area contributed by atoms with Gasteiger partial charge in [-0.1, -0.05) is 49.4 Å². The molecule has 0 aromatic heterocycles. The van der Waals surface area contributed by atoms with Crippen LogP contribution in [0.1, 0.15) is 50.2 Å². The van der Waals surface area contributed by atoms with Crippen molar-refractivity contribution in [2.24, 2.45) is 11.8 Å². The molecule has 0 radical (unpaired) electrons. The normalized spacial score (nSPS) is 29.5. The maximum atomic E-state index is 11.2. The van der Waals surface area contributed by atoms with Crippen LogP contribution in [-0.2, 0) is 6.42 Å². The summed E-state index contributed by atoms with van der Waals surface area (Å²) in [5.74, 6) is 2.00. The second kappa shape index (κ2) is 7.88. The lowest BCUT2D eigenvalue weighted by atomic mass is 9.90. The van der Waals surface area contributed by atoms with Crippen molar-refractivity contribution < 1.29 is 10.2 Å². The third kappa shape index (κ3) is 4.11. The summed E-state index contributed by atoms with van der Waals surface area (Å²) in [4.78, 5) is 2.61. The number of hydrogen-bond acceptors (Lipinski definition) is 3. The Bertz CT molecular complexity index is 759. The Balaban J connectivity index is 1.32. The molecule has 0 spiro atoms. The van der Waals surface area contributed by atoms with Gasteiger partial charge in [0.15, 0.2) is 0 Å². The highest BCUT2D eigenvalue weighted by Crippen LogP contribution is 2.47. The summed E-state index contributed by atoms with van der Waals surface area (Å²) in [6.45, 7) is 6.80. The molecule has 4 rings (SSSR count). The number of aliphatic hydroxyl groups is 1. The standard InChI is InChI=1S/C25H33NO2/c1-18(21-8-10-24(27)11-9-21)19(2)26-16-22-14-25(28,15-23(22)17-26)13-12-20-6-4-3-5-7-20/h3-11,18-19,22-23,27-28H,12-17H2,1-2H3/t18?,19?,22-,23+,25?. The molecule has 0 bridgehead atoms. The summed E-state index contributed by atoms with van der Waals surface area (Å²) < 4.78 is 0. The van der Waals surface area contributed by atoms with Crippen LogP contribution in [0.25, 0.3) is 0 Å². The molecule has 1 aliphatic heterocycles. The van der Waals surface area contributed by atoms with Crippen molar-refractivity contribution in [2.75, 3.05) is 13.1 Å². The molecule has 3 nitrogen and oxygen atoms in total. The van der Waals surface area contributed by atoms with E-state index in [9.17, 15) is 10.2 Å². The fourth-order valence-electron chi connectivity index (χ4n) is 5.43. The molecule has 2 aromatic rings. The SMILES string of the molecule is CC(c1ccc(O)cc1)C(C)N1C[C@@H]2CC(O)(CCc3ccccc3)C[C@@H]2C1. The predicted molar refractivity (Wildman–Crippen MR) is 113 cm³/mol. The van der Waals surface area contributed by atoms with Crippen LogP contribution in [0.2, 0.25) is 0 Å². The summed E-state index contributed by atoms with van der Waals surface area (Å²) in [5.41, 5.74) is 2.12. The quantitative estimate of drug-likeness (QED) is 0.771. The van der Waals surface area contributed by atoms with E-state index in [1.165, 1.54) is 11.1 Å². The summed E-state index contributed by atoms with van der Waals surface area (Å²) in [5, 5.41) is 20.7. The van der Waals surface area contributed by atoms with Gasteiger partial charge >= 0.3 is 0 Å². The third-order valence-corrected chi connectivity index (χ3v) is 7.33. The topological polar surface area (TPSA) is 43.7 Å². The van der Waals surface area contributed by atoms with Gasteiger partial charge in [-0.2, -0.15) is 0 Å². The van der Waals surface area contributed by atoms with E-state index >= 15 is 0 Å². The van der Waals surface area contributed by atoms with Crippen molar-refractivity contribution in [3.63, 3.8) is 0 Å². The van der Waals surface area contributed by atoms with E-state index in [-0.39, 0.29) is 0 Å². The van der Waals surface area contributed by atoms with Gasteiger partial charge in [0, 0.05) is 19.1 Å². The molecule has 2 aliphatic rings. The zero-order chi connectivity index (χ0) is 19.7. The molecule has 1 saturated heterocycles. The van der Waals surface area contributed by atoms with Crippen LogP contribution in [0.5, 0.6) is 5.75 Å². The lowest BCUT2D eigenvalue weighted by Gasteiger charge is -2.32. The number of aryl methyl sites for hydroxylation is 1. The fraction of sp³-hybridized carbons (Fsp3) is 0.520. The first-order valence-electron chi connectivity index (χ1n) is 10.7. The van der Waals surface area contributed by atoms with Gasteiger partial charge in [0.25, 0.3) is 0 Å². The van der Waals surface area contributed by atoms with E-state index in [0.717, 1.165) is 38.8 Å². The Hall–Kier alpha value is -1.84. The first kappa shape index (κ1) is 19.5. The first-order valence-corrected chi connectivity index (χ1v) is 10.7. The summed E-state index contributed by atoms with van der Waals surface area (Å²) >= 11 is 0. The predicted octanol–water partition coefficient (Wildman–Crippen LogP) is 4.59. The van der Waals surface area contributed by atoms with Gasteiger partial charge in [-0.3, -0.25) is 4.90 Å². The minimum Gasteiger partial charge on any atom is -0.508 e. The Morgan fingerprint density at radius 2 is 1.57 bits per heavy atom. The van der Waals surface area contributed by atoms with E-state index in [0.29, 0.717) is 29.5 Å². The van der Waals surface area contributed by atoms with Gasteiger partial charge in [0.2, 0.25) is 0 Å². The van der Waals surface area contributed by atoms with Crippen molar-refractivity contribution in [1.82, 2.24) is 4.90 Å². The Morgan fingerprint density at radius 1 is 0.964 bits per heavy atom. The van der Waals surface area contributed by atoms with Gasteiger partial charge in [0.1, 0.15) is 5.75 Å². The molecule has 1 aliphatic carbocycles. The molecule has 5 atom stereocenters. The zero-order valence-electron chi connectivity index (χ0n) is 17.1. The van der Waals surface area contributed by atoms with E-state index in [4.69, 9.17) is 0 Å². The summed E-state index contributed by atoms with van der Waals surface area (Å²) in [6.07, 6.45) is 3.74. The number of benzene rings is 2. The summed E-state index contributed by atoms with van der Waals surface area (Å²) in [6, 6.07) is 18.6. The van der Waals surface area contributed by atoms with Crippen molar-refractivity contribution in [1.29, 1.82) is 0 Å². The molecule has 1 heterocycles. The van der Waals surface area contributed by atoms with Crippen LogP contribution in [0.3, 0.4) is 0 Å². The molecule has 2 aromatic carbocycles. The highest BCUT2D eigenvalue weighted by Gasteiger charge is 2.48. The Kier molecular flexibility index (Phi) is 5.48. The molecular formula is C25H33NO2. The van der Waals surface area contributed by atoms with E-state index in [1.807, 2.05) is 18.2 Å². The average molecular weight is 380 g/mol. The highest BCUT2D eigenvalue weighted by molar-refractivity contribution is 5.29. The maximum absolute atomic E-state index is 11.2. The van der Waals surface area contributed by atoms with Crippen LogP contribution in [0.4, 0.5) is 0 Å². The number of phenols is 1. The molecule has 1 saturated carbocycles. The number of rotatable bonds is 6. The smallest absolute Gasteiger partial charge is 0.115 e. The van der Waals surface area contributed by atoms with Crippen LogP contribution in [-0.4, -0.2) is 39.8 Å². The van der Waals surface area contributed by atoms with Crippen molar-refractivity contribution in [2.45, 2.75) is 57.1 Å². The van der Waals surface area contributed by atoms with Gasteiger partial charge < -0.3 is 10.2 Å². The van der Waals surface area contributed by atoms with Gasteiger partial charge in [-0.05, 0) is 73.6 Å². The molecule has 2 fully saturated rings. The van der Waals surface area contributed by atoms with E-state index in [2.05, 4.69) is 43.0 Å². The van der Waals surface area contributed by atoms with Crippen LogP contribution >= 0.6 is 0 Å². The second-order valence-corrected chi connectivity index (χ2v) is 9.21. The average Bonchev–Trinajstić information content (AvgIpc) is 3.22. The monoisotopic (exact) mass is 379 g/mol. The van der Waals surface area contributed by atoms with Crippen LogP contribution in [0, 0.1) is 11.8 Å². The number of fused-ring (bicyclic) bond motifs is 1. The van der Waals surface area contributed by atoms with Crippen molar-refractivity contribution >= 4 is 0 Å². The minimum atomic E-state index is -0.483. The van der Waals surface area contributed by atoms with Gasteiger partial charge in [0.05, 0.1) is 5.60 Å². The van der Waals surface area contributed by atoms with Crippen LogP contribution in [0.15, 0.2) is 54.6 Å². The summed E-state index contributed by atoms with van der Waals surface area (Å²) in [7, 11) is 0. The lowest BCUT2D eigenvalue weighted by Crippen LogP contribution is -2.37. The fourth-order valence-corrected chi connectivity index (χ4v) is 5.43. The number of aromatic hydroxyl groups is 1. The zero-order valence-corrected chi connectivity index (χ0v) is 17.1. The van der Waals surface area contributed by atoms with Crippen molar-refractivity contribution in [3.05, 3.63) is 65.7 Å². The number of nitrogens with zero attached hydrogens (tertiary/aromatic N) is 1. The second-order valence-electron chi connectivity index (χ2n) is 9.21. The maximum Gasteiger partial charge on any atom is 0.115 e. The largest absolute Gasteiger partial charge is 0.508 e. The van der Waals surface area contributed by atoms with E-state index in [1.54, 1.807) is 12.1 Å². The minimum absolute atomic E-state index is 0.328. The molecule has 28 heavy (non-hydrogen) atoms. The molecule has 0 amide bonds. The molecule has 3 unspecified atom stereocenters. The Labute approximate surface area is 169 Å². The van der Waals surface area contributed by atoms with Crippen LogP contribution < -0.4 is 0 Å². The lowest BCUT2D eigenvalue weighted by molar-refractivity contribution is 0.0249.